The smallest absolute Gasteiger partial charge is 0.0944 e. The maximum atomic E-state index is 5.67. The highest BCUT2D eigenvalue weighted by Gasteiger charge is 2.20. The third kappa shape index (κ3) is 6.02. The molecule has 1 atom stereocenters. The normalized spacial score (nSPS) is 14.7. The topological polar surface area (TPSA) is 50.9 Å². The summed E-state index contributed by atoms with van der Waals surface area (Å²) in [6.45, 7) is 13.4. The lowest BCUT2D eigenvalue weighted by molar-refractivity contribution is 0.329. The quantitative estimate of drug-likeness (QED) is 0.641. The van der Waals surface area contributed by atoms with Gasteiger partial charge < -0.3 is 0 Å². The van der Waals surface area contributed by atoms with E-state index in [-0.39, 0.29) is 5.41 Å². The van der Waals surface area contributed by atoms with E-state index in [1.807, 2.05) is 0 Å². The molecule has 0 bridgehead atoms. The predicted octanol–water partition coefficient (Wildman–Crippen LogP) is 3.64. The van der Waals surface area contributed by atoms with Crippen molar-refractivity contribution in [2.24, 2.45) is 11.3 Å². The second-order valence-corrected chi connectivity index (χ2v) is 8.49. The summed E-state index contributed by atoms with van der Waals surface area (Å²) in [6, 6.07) is 0.318. The van der Waals surface area contributed by atoms with Gasteiger partial charge in [-0.25, -0.2) is 4.98 Å². The van der Waals surface area contributed by atoms with Crippen molar-refractivity contribution in [2.75, 3.05) is 0 Å². The highest BCUT2D eigenvalue weighted by molar-refractivity contribution is 7.09. The van der Waals surface area contributed by atoms with Crippen LogP contribution in [0.4, 0.5) is 0 Å². The fourth-order valence-corrected chi connectivity index (χ4v) is 2.91. The zero-order valence-electron chi connectivity index (χ0n) is 13.2. The van der Waals surface area contributed by atoms with Gasteiger partial charge in [0.25, 0.3) is 0 Å². The first kappa shape index (κ1) is 16.6. The second kappa shape index (κ2) is 6.33. The van der Waals surface area contributed by atoms with Crippen molar-refractivity contribution in [1.29, 1.82) is 0 Å². The standard InChI is InChI=1S/C15H29N3S/c1-14(2,3)8-7-11(18-16)9-13-17-12(10-19-13)15(4,5)6/h10-11,18H,7-9,16H2,1-6H3. The molecule has 3 N–H and O–H groups in total. The molecule has 3 nitrogen and oxygen atoms in total. The summed E-state index contributed by atoms with van der Waals surface area (Å²) in [7, 11) is 0. The van der Waals surface area contributed by atoms with Crippen LogP contribution in [0.2, 0.25) is 0 Å². The highest BCUT2D eigenvalue weighted by atomic mass is 32.1. The van der Waals surface area contributed by atoms with Gasteiger partial charge in [-0.3, -0.25) is 11.3 Å². The van der Waals surface area contributed by atoms with Crippen molar-refractivity contribution < 1.29 is 0 Å². The van der Waals surface area contributed by atoms with Gasteiger partial charge in [-0.1, -0.05) is 41.5 Å². The molecule has 4 heteroatoms. The summed E-state index contributed by atoms with van der Waals surface area (Å²) in [6.07, 6.45) is 3.18. The van der Waals surface area contributed by atoms with Crippen molar-refractivity contribution in [3.63, 3.8) is 0 Å². The Morgan fingerprint density at radius 3 is 2.32 bits per heavy atom. The Hall–Kier alpha value is -0.450. The second-order valence-electron chi connectivity index (χ2n) is 7.54. The Balaban J connectivity index is 2.59. The molecule has 1 rings (SSSR count). The van der Waals surface area contributed by atoms with E-state index in [0.717, 1.165) is 12.8 Å². The van der Waals surface area contributed by atoms with E-state index in [9.17, 15) is 0 Å². The number of thiazole rings is 1. The number of nitrogens with one attached hydrogen (secondary N) is 1. The van der Waals surface area contributed by atoms with Gasteiger partial charge >= 0.3 is 0 Å². The van der Waals surface area contributed by atoms with Crippen molar-refractivity contribution in [3.8, 4) is 0 Å². The van der Waals surface area contributed by atoms with E-state index in [4.69, 9.17) is 10.8 Å². The zero-order valence-corrected chi connectivity index (χ0v) is 14.0. The molecule has 0 spiro atoms. The summed E-state index contributed by atoms with van der Waals surface area (Å²) in [4.78, 5) is 4.74. The van der Waals surface area contributed by atoms with Gasteiger partial charge in [0, 0.05) is 23.3 Å². The van der Waals surface area contributed by atoms with Crippen LogP contribution in [0.25, 0.3) is 0 Å². The molecule has 0 aliphatic carbocycles. The fourth-order valence-electron chi connectivity index (χ4n) is 1.81. The molecule has 1 aromatic rings. The third-order valence-corrected chi connectivity index (χ3v) is 4.09. The molecule has 110 valence electrons. The van der Waals surface area contributed by atoms with Crippen molar-refractivity contribution in [3.05, 3.63) is 16.1 Å². The lowest BCUT2D eigenvalue weighted by Crippen LogP contribution is -2.37. The SMILES string of the molecule is CC(C)(C)CCC(Cc1nc(C(C)(C)C)cs1)NN. The van der Waals surface area contributed by atoms with Crippen molar-refractivity contribution >= 4 is 11.3 Å². The summed E-state index contributed by atoms with van der Waals surface area (Å²) in [5.41, 5.74) is 4.60. The van der Waals surface area contributed by atoms with E-state index >= 15 is 0 Å². The molecule has 0 aliphatic rings. The predicted molar refractivity (Wildman–Crippen MR) is 84.3 cm³/mol. The molecule has 1 aromatic heterocycles. The van der Waals surface area contributed by atoms with E-state index in [2.05, 4.69) is 52.3 Å². The van der Waals surface area contributed by atoms with Crippen LogP contribution in [0.3, 0.4) is 0 Å². The Kier molecular flexibility index (Phi) is 5.53. The minimum absolute atomic E-state index is 0.131. The maximum Gasteiger partial charge on any atom is 0.0944 e. The number of nitrogens with zero attached hydrogens (tertiary/aromatic N) is 1. The van der Waals surface area contributed by atoms with Gasteiger partial charge in [0.05, 0.1) is 10.7 Å². The number of hydrazine groups is 1. The minimum atomic E-state index is 0.131. The Bertz CT molecular complexity index is 385. The van der Waals surface area contributed by atoms with Crippen LogP contribution in [0.5, 0.6) is 0 Å². The first-order valence-corrected chi connectivity index (χ1v) is 7.91. The third-order valence-electron chi connectivity index (χ3n) is 3.22. The van der Waals surface area contributed by atoms with E-state index in [0.29, 0.717) is 11.5 Å². The van der Waals surface area contributed by atoms with Crippen molar-refractivity contribution in [1.82, 2.24) is 10.4 Å². The van der Waals surface area contributed by atoms with Gasteiger partial charge in [-0.2, -0.15) is 0 Å². The molecule has 1 heterocycles. The monoisotopic (exact) mass is 283 g/mol. The molecule has 0 fully saturated rings. The molecular formula is C15H29N3S. The lowest BCUT2D eigenvalue weighted by atomic mass is 9.88. The first-order chi connectivity index (χ1) is 8.62. The summed E-state index contributed by atoms with van der Waals surface area (Å²) < 4.78 is 0. The lowest BCUT2D eigenvalue weighted by Gasteiger charge is -2.22. The molecule has 0 aromatic carbocycles. The number of nitrogens with two attached hydrogens (primary N) is 1. The molecule has 19 heavy (non-hydrogen) atoms. The Morgan fingerprint density at radius 1 is 1.26 bits per heavy atom. The number of rotatable bonds is 5. The zero-order chi connectivity index (χ0) is 14.7. The van der Waals surface area contributed by atoms with E-state index in [1.54, 1.807) is 11.3 Å². The van der Waals surface area contributed by atoms with Crippen LogP contribution in [0, 0.1) is 5.41 Å². The van der Waals surface area contributed by atoms with Gasteiger partial charge in [-0.05, 0) is 18.3 Å². The minimum Gasteiger partial charge on any atom is -0.271 e. The van der Waals surface area contributed by atoms with Gasteiger partial charge in [0.1, 0.15) is 0 Å². The van der Waals surface area contributed by atoms with Crippen LogP contribution in [-0.4, -0.2) is 11.0 Å². The fraction of sp³-hybridized carbons (Fsp3) is 0.800. The van der Waals surface area contributed by atoms with E-state index < -0.39 is 0 Å². The highest BCUT2D eigenvalue weighted by Crippen LogP contribution is 2.26. The average molecular weight is 283 g/mol. The Labute approximate surface area is 122 Å². The van der Waals surface area contributed by atoms with Crippen LogP contribution in [0.1, 0.15) is 65.1 Å². The largest absolute Gasteiger partial charge is 0.271 e. The summed E-state index contributed by atoms with van der Waals surface area (Å²) >= 11 is 1.75. The molecular weight excluding hydrogens is 254 g/mol. The van der Waals surface area contributed by atoms with Gasteiger partial charge in [0.2, 0.25) is 0 Å². The van der Waals surface area contributed by atoms with Crippen LogP contribution in [-0.2, 0) is 11.8 Å². The average Bonchev–Trinajstić information content (AvgIpc) is 2.70. The molecule has 0 saturated carbocycles. The van der Waals surface area contributed by atoms with Gasteiger partial charge in [0.15, 0.2) is 0 Å². The number of hydrogen-bond acceptors (Lipinski definition) is 4. The molecule has 0 saturated heterocycles. The number of aromatic nitrogens is 1. The summed E-state index contributed by atoms with van der Waals surface area (Å²) in [5, 5.41) is 3.36. The number of hydrogen-bond donors (Lipinski definition) is 2. The molecule has 0 amide bonds. The molecule has 1 unspecified atom stereocenters. The molecule has 0 aliphatic heterocycles. The van der Waals surface area contributed by atoms with Crippen LogP contribution >= 0.6 is 11.3 Å². The van der Waals surface area contributed by atoms with Crippen molar-refractivity contribution in [2.45, 2.75) is 72.3 Å². The van der Waals surface area contributed by atoms with Crippen LogP contribution in [0.15, 0.2) is 5.38 Å². The van der Waals surface area contributed by atoms with E-state index in [1.165, 1.54) is 17.1 Å². The van der Waals surface area contributed by atoms with Gasteiger partial charge in [-0.15, -0.1) is 11.3 Å². The maximum absolute atomic E-state index is 5.67. The summed E-state index contributed by atoms with van der Waals surface area (Å²) in [5.74, 6) is 5.67. The Morgan fingerprint density at radius 2 is 1.89 bits per heavy atom. The van der Waals surface area contributed by atoms with Crippen LogP contribution < -0.4 is 11.3 Å². The molecule has 0 radical (unpaired) electrons. The first-order valence-electron chi connectivity index (χ1n) is 7.03.